The van der Waals surface area contributed by atoms with Crippen LogP contribution in [0.2, 0.25) is 0 Å². The molecule has 0 N–H and O–H groups in total. The second-order valence-electron chi connectivity index (χ2n) is 4.64. The molecule has 0 fully saturated rings. The highest BCUT2D eigenvalue weighted by atomic mass is 127. The molecule has 2 heteroatoms. The van der Waals surface area contributed by atoms with Crippen LogP contribution in [0.25, 0.3) is 11.1 Å². The van der Waals surface area contributed by atoms with Crippen molar-refractivity contribution in [2.24, 2.45) is 0 Å². The number of halogens is 2. The molecular formula is C17H18I2. The SMILES string of the molecule is ICCC(CCI)c1ccc(-c2ccccc2)cc1. The summed E-state index contributed by atoms with van der Waals surface area (Å²) in [5, 5.41) is 0. The van der Waals surface area contributed by atoms with Gasteiger partial charge in [0.2, 0.25) is 0 Å². The zero-order valence-electron chi connectivity index (χ0n) is 10.9. The number of benzene rings is 2. The van der Waals surface area contributed by atoms with E-state index in [2.05, 4.69) is 99.8 Å². The predicted molar refractivity (Wildman–Crippen MR) is 102 cm³/mol. The van der Waals surface area contributed by atoms with Crippen molar-refractivity contribution in [3.63, 3.8) is 0 Å². The molecule has 0 unspecified atom stereocenters. The van der Waals surface area contributed by atoms with Gasteiger partial charge in [0.1, 0.15) is 0 Å². The van der Waals surface area contributed by atoms with E-state index in [0.717, 1.165) is 5.92 Å². The van der Waals surface area contributed by atoms with Crippen LogP contribution in [-0.2, 0) is 0 Å². The van der Waals surface area contributed by atoms with Crippen LogP contribution in [0.3, 0.4) is 0 Å². The first-order valence-electron chi connectivity index (χ1n) is 6.62. The summed E-state index contributed by atoms with van der Waals surface area (Å²) >= 11 is 4.97. The Morgan fingerprint density at radius 2 is 1.21 bits per heavy atom. The molecule has 0 atom stereocenters. The van der Waals surface area contributed by atoms with Gasteiger partial charge in [-0.2, -0.15) is 0 Å². The zero-order valence-corrected chi connectivity index (χ0v) is 15.2. The van der Waals surface area contributed by atoms with Gasteiger partial charge in [0.15, 0.2) is 0 Å². The Bertz CT molecular complexity index is 470. The van der Waals surface area contributed by atoms with E-state index in [1.165, 1.54) is 38.4 Å². The van der Waals surface area contributed by atoms with Crippen molar-refractivity contribution in [1.82, 2.24) is 0 Å². The lowest BCUT2D eigenvalue weighted by atomic mass is 9.92. The molecule has 0 saturated carbocycles. The van der Waals surface area contributed by atoms with E-state index in [-0.39, 0.29) is 0 Å². The monoisotopic (exact) mass is 476 g/mol. The van der Waals surface area contributed by atoms with Crippen molar-refractivity contribution < 1.29 is 0 Å². The Kier molecular flexibility index (Phi) is 6.64. The Labute approximate surface area is 143 Å². The highest BCUT2D eigenvalue weighted by Gasteiger charge is 2.10. The fourth-order valence-corrected chi connectivity index (χ4v) is 3.82. The van der Waals surface area contributed by atoms with E-state index in [0.29, 0.717) is 0 Å². The normalized spacial score (nSPS) is 10.9. The lowest BCUT2D eigenvalue weighted by molar-refractivity contribution is 0.662. The average Bonchev–Trinajstić information content (AvgIpc) is 2.48. The van der Waals surface area contributed by atoms with Gasteiger partial charge in [0, 0.05) is 8.86 Å². The molecule has 2 aromatic carbocycles. The third-order valence-electron chi connectivity index (χ3n) is 3.40. The van der Waals surface area contributed by atoms with Crippen LogP contribution in [0.5, 0.6) is 0 Å². The molecule has 2 aromatic rings. The van der Waals surface area contributed by atoms with Crippen molar-refractivity contribution in [2.45, 2.75) is 18.8 Å². The molecule has 2 rings (SSSR count). The Morgan fingerprint density at radius 1 is 0.684 bits per heavy atom. The van der Waals surface area contributed by atoms with E-state index in [1.807, 2.05) is 0 Å². The number of alkyl halides is 2. The van der Waals surface area contributed by atoms with Crippen molar-refractivity contribution in [3.05, 3.63) is 60.2 Å². The molecule has 0 spiro atoms. The third-order valence-corrected chi connectivity index (χ3v) is 4.65. The highest BCUT2D eigenvalue weighted by Crippen LogP contribution is 2.28. The maximum absolute atomic E-state index is 2.48. The van der Waals surface area contributed by atoms with Gasteiger partial charge in [-0.15, -0.1) is 0 Å². The summed E-state index contributed by atoms with van der Waals surface area (Å²) in [6, 6.07) is 19.7. The van der Waals surface area contributed by atoms with Crippen LogP contribution >= 0.6 is 45.2 Å². The summed E-state index contributed by atoms with van der Waals surface area (Å²) in [5.74, 6) is 0.721. The van der Waals surface area contributed by atoms with Crippen LogP contribution in [0.4, 0.5) is 0 Å². The minimum Gasteiger partial charge on any atom is -0.0864 e. The molecule has 0 aromatic heterocycles. The number of rotatable bonds is 6. The second-order valence-corrected chi connectivity index (χ2v) is 6.80. The highest BCUT2D eigenvalue weighted by molar-refractivity contribution is 14.1. The molecule has 100 valence electrons. The summed E-state index contributed by atoms with van der Waals surface area (Å²) < 4.78 is 2.47. The second kappa shape index (κ2) is 8.25. The van der Waals surface area contributed by atoms with E-state index in [4.69, 9.17) is 0 Å². The van der Waals surface area contributed by atoms with Gasteiger partial charge in [0.25, 0.3) is 0 Å². The molecule has 0 nitrogen and oxygen atoms in total. The summed E-state index contributed by atoms with van der Waals surface area (Å²) in [4.78, 5) is 0. The topological polar surface area (TPSA) is 0 Å². The molecule has 0 aliphatic carbocycles. The minimum atomic E-state index is 0.721. The van der Waals surface area contributed by atoms with Crippen LogP contribution in [0.15, 0.2) is 54.6 Å². The summed E-state index contributed by atoms with van der Waals surface area (Å²) in [5.41, 5.74) is 4.11. The Morgan fingerprint density at radius 3 is 1.74 bits per heavy atom. The van der Waals surface area contributed by atoms with Gasteiger partial charge in [-0.1, -0.05) is 99.8 Å². The summed E-state index contributed by atoms with van der Waals surface area (Å²) in [6.45, 7) is 0. The quantitative estimate of drug-likeness (QED) is 0.350. The van der Waals surface area contributed by atoms with Crippen LogP contribution in [0, 0.1) is 0 Å². The molecule has 0 amide bonds. The van der Waals surface area contributed by atoms with Crippen LogP contribution < -0.4 is 0 Å². The van der Waals surface area contributed by atoms with Crippen molar-refractivity contribution in [3.8, 4) is 11.1 Å². The fraction of sp³-hybridized carbons (Fsp3) is 0.294. The standard InChI is InChI=1S/C17H18I2/c18-12-10-17(11-13-19)16-8-6-15(7-9-16)14-4-2-1-3-5-14/h1-9,17H,10-13H2. The maximum Gasteiger partial charge on any atom is 0.000110 e. The largest absolute Gasteiger partial charge is 0.0864 e. The van der Waals surface area contributed by atoms with Gasteiger partial charge in [-0.05, 0) is 35.4 Å². The van der Waals surface area contributed by atoms with Crippen molar-refractivity contribution >= 4 is 45.2 Å². The number of hydrogen-bond acceptors (Lipinski definition) is 0. The smallest absolute Gasteiger partial charge is 0.000110 e. The predicted octanol–water partition coefficient (Wildman–Crippen LogP) is 6.09. The molecule has 0 aliphatic heterocycles. The molecular weight excluding hydrogens is 458 g/mol. The lowest BCUT2D eigenvalue weighted by Gasteiger charge is -2.15. The van der Waals surface area contributed by atoms with Gasteiger partial charge in [-0.3, -0.25) is 0 Å². The van der Waals surface area contributed by atoms with Gasteiger partial charge in [-0.25, -0.2) is 0 Å². The Balaban J connectivity index is 2.17. The Hall–Kier alpha value is -0.1000. The molecule has 0 radical (unpaired) electrons. The first kappa shape index (κ1) is 15.3. The zero-order chi connectivity index (χ0) is 13.5. The van der Waals surface area contributed by atoms with Crippen molar-refractivity contribution in [2.75, 3.05) is 8.86 Å². The third kappa shape index (κ3) is 4.45. The van der Waals surface area contributed by atoms with Crippen LogP contribution in [-0.4, -0.2) is 8.86 Å². The molecule has 0 aliphatic rings. The van der Waals surface area contributed by atoms with E-state index >= 15 is 0 Å². The maximum atomic E-state index is 2.48. The first-order chi connectivity index (χ1) is 9.35. The lowest BCUT2D eigenvalue weighted by Crippen LogP contribution is -2.00. The molecule has 19 heavy (non-hydrogen) atoms. The summed E-state index contributed by atoms with van der Waals surface area (Å²) in [7, 11) is 0. The van der Waals surface area contributed by atoms with E-state index in [9.17, 15) is 0 Å². The average molecular weight is 476 g/mol. The first-order valence-corrected chi connectivity index (χ1v) is 9.67. The van der Waals surface area contributed by atoms with Gasteiger partial charge < -0.3 is 0 Å². The van der Waals surface area contributed by atoms with Gasteiger partial charge in [0.05, 0.1) is 0 Å². The van der Waals surface area contributed by atoms with Crippen molar-refractivity contribution in [1.29, 1.82) is 0 Å². The summed E-state index contributed by atoms with van der Waals surface area (Å²) in [6.07, 6.45) is 2.57. The van der Waals surface area contributed by atoms with Gasteiger partial charge >= 0.3 is 0 Å². The fourth-order valence-electron chi connectivity index (χ4n) is 2.32. The number of hydrogen-bond donors (Lipinski definition) is 0. The molecule has 0 heterocycles. The van der Waals surface area contributed by atoms with Crippen LogP contribution in [0.1, 0.15) is 24.3 Å². The molecule has 0 bridgehead atoms. The van der Waals surface area contributed by atoms with E-state index < -0.39 is 0 Å². The molecule has 0 saturated heterocycles. The van der Waals surface area contributed by atoms with E-state index in [1.54, 1.807) is 0 Å². The minimum absolute atomic E-state index is 0.721.